The number of halogens is 1. The highest BCUT2D eigenvalue weighted by molar-refractivity contribution is 9.10. The van der Waals surface area contributed by atoms with Gasteiger partial charge in [0.2, 0.25) is 0 Å². The van der Waals surface area contributed by atoms with Crippen LogP contribution in [0.2, 0.25) is 0 Å². The molecule has 0 aliphatic heterocycles. The van der Waals surface area contributed by atoms with E-state index in [0.29, 0.717) is 0 Å². The molecular weight excluding hydrogens is 248 g/mol. The molecule has 0 bridgehead atoms. The van der Waals surface area contributed by atoms with E-state index >= 15 is 0 Å². The Morgan fingerprint density at radius 3 is 2.80 bits per heavy atom. The molecule has 3 rings (SSSR count). The maximum Gasteiger partial charge on any atom is 0.0256 e. The minimum Gasteiger partial charge on any atom is -0.0765 e. The highest BCUT2D eigenvalue weighted by Gasteiger charge is 2.22. The second-order valence-electron chi connectivity index (χ2n) is 4.65. The first-order valence-electron chi connectivity index (χ1n) is 5.77. The molecular formula is C14H15Br. The van der Waals surface area contributed by atoms with Crippen molar-refractivity contribution in [2.24, 2.45) is 0 Å². The lowest BCUT2D eigenvalue weighted by Gasteiger charge is -2.21. The molecule has 0 saturated heterocycles. The van der Waals surface area contributed by atoms with Gasteiger partial charge in [-0.25, -0.2) is 0 Å². The van der Waals surface area contributed by atoms with Crippen molar-refractivity contribution in [3.63, 3.8) is 0 Å². The summed E-state index contributed by atoms with van der Waals surface area (Å²) in [5.41, 5.74) is 7.79. The SMILES string of the molecule is CC1=CCc2c3c(cc(Br)c21)CCCC3. The monoisotopic (exact) mass is 262 g/mol. The highest BCUT2D eigenvalue weighted by Crippen LogP contribution is 2.39. The number of allylic oxidation sites excluding steroid dienone is 2. The number of fused-ring (bicyclic) bond motifs is 3. The van der Waals surface area contributed by atoms with Crippen LogP contribution in [0.15, 0.2) is 16.6 Å². The Morgan fingerprint density at radius 2 is 1.93 bits per heavy atom. The van der Waals surface area contributed by atoms with Crippen LogP contribution in [0.4, 0.5) is 0 Å². The highest BCUT2D eigenvalue weighted by atomic mass is 79.9. The molecule has 0 radical (unpaired) electrons. The zero-order valence-corrected chi connectivity index (χ0v) is 10.7. The van der Waals surface area contributed by atoms with E-state index in [1.54, 1.807) is 16.7 Å². The summed E-state index contributed by atoms with van der Waals surface area (Å²) in [6.45, 7) is 2.23. The fourth-order valence-electron chi connectivity index (χ4n) is 2.96. The first kappa shape index (κ1) is 9.65. The molecule has 2 aliphatic carbocycles. The van der Waals surface area contributed by atoms with Gasteiger partial charge >= 0.3 is 0 Å². The van der Waals surface area contributed by atoms with E-state index in [9.17, 15) is 0 Å². The Bertz CT molecular complexity index is 455. The molecule has 0 saturated carbocycles. The summed E-state index contributed by atoms with van der Waals surface area (Å²) in [7, 11) is 0. The number of aryl methyl sites for hydroxylation is 1. The van der Waals surface area contributed by atoms with Gasteiger partial charge in [-0.2, -0.15) is 0 Å². The van der Waals surface area contributed by atoms with E-state index in [-0.39, 0.29) is 0 Å². The number of hydrogen-bond acceptors (Lipinski definition) is 0. The minimum absolute atomic E-state index is 1.16. The molecule has 0 amide bonds. The third-order valence-corrected chi connectivity index (χ3v) is 4.35. The van der Waals surface area contributed by atoms with Gasteiger partial charge in [0.15, 0.2) is 0 Å². The van der Waals surface area contributed by atoms with E-state index < -0.39 is 0 Å². The molecule has 0 nitrogen and oxygen atoms in total. The molecule has 0 atom stereocenters. The van der Waals surface area contributed by atoms with Gasteiger partial charge in [-0.1, -0.05) is 22.0 Å². The predicted molar refractivity (Wildman–Crippen MR) is 68.1 cm³/mol. The predicted octanol–water partition coefficient (Wildman–Crippen LogP) is 4.29. The van der Waals surface area contributed by atoms with E-state index in [1.807, 2.05) is 0 Å². The van der Waals surface area contributed by atoms with Crippen LogP contribution in [0.3, 0.4) is 0 Å². The Morgan fingerprint density at radius 1 is 1.13 bits per heavy atom. The van der Waals surface area contributed by atoms with E-state index in [0.717, 1.165) is 6.42 Å². The maximum atomic E-state index is 3.73. The summed E-state index contributed by atoms with van der Waals surface area (Å²) in [6.07, 6.45) is 8.84. The summed E-state index contributed by atoms with van der Waals surface area (Å²) in [5, 5.41) is 0. The molecule has 1 heteroatoms. The van der Waals surface area contributed by atoms with Crippen LogP contribution in [-0.2, 0) is 19.3 Å². The van der Waals surface area contributed by atoms with Crippen LogP contribution in [-0.4, -0.2) is 0 Å². The average molecular weight is 263 g/mol. The van der Waals surface area contributed by atoms with Crippen LogP contribution in [0.25, 0.3) is 5.57 Å². The Balaban J connectivity index is 2.25. The quantitative estimate of drug-likeness (QED) is 0.655. The zero-order valence-electron chi connectivity index (χ0n) is 9.07. The molecule has 0 aromatic heterocycles. The normalized spacial score (nSPS) is 18.4. The summed E-state index contributed by atoms with van der Waals surface area (Å²) in [6, 6.07) is 2.36. The van der Waals surface area contributed by atoms with Gasteiger partial charge in [0, 0.05) is 4.47 Å². The number of benzene rings is 1. The van der Waals surface area contributed by atoms with Crippen molar-refractivity contribution in [3.8, 4) is 0 Å². The van der Waals surface area contributed by atoms with Gasteiger partial charge in [-0.3, -0.25) is 0 Å². The molecule has 0 N–H and O–H groups in total. The summed E-state index contributed by atoms with van der Waals surface area (Å²) >= 11 is 3.73. The van der Waals surface area contributed by atoms with Crippen LogP contribution in [0, 0.1) is 0 Å². The van der Waals surface area contributed by atoms with Crippen molar-refractivity contribution in [3.05, 3.63) is 38.9 Å². The molecule has 0 heterocycles. The second-order valence-corrected chi connectivity index (χ2v) is 5.50. The smallest absolute Gasteiger partial charge is 0.0256 e. The minimum atomic E-state index is 1.16. The lowest BCUT2D eigenvalue weighted by molar-refractivity contribution is 0.680. The van der Waals surface area contributed by atoms with E-state index in [4.69, 9.17) is 0 Å². The molecule has 78 valence electrons. The molecule has 0 spiro atoms. The summed E-state index contributed by atoms with van der Waals surface area (Å²) in [5.74, 6) is 0. The molecule has 1 aromatic carbocycles. The van der Waals surface area contributed by atoms with Crippen molar-refractivity contribution < 1.29 is 0 Å². The van der Waals surface area contributed by atoms with Gasteiger partial charge in [0.05, 0.1) is 0 Å². The van der Waals surface area contributed by atoms with Crippen molar-refractivity contribution in [2.45, 2.75) is 39.0 Å². The second kappa shape index (κ2) is 3.48. The third-order valence-electron chi connectivity index (χ3n) is 3.72. The first-order chi connectivity index (χ1) is 7.27. The number of hydrogen-bond donors (Lipinski definition) is 0. The lowest BCUT2D eigenvalue weighted by atomic mass is 9.86. The molecule has 0 unspecified atom stereocenters. The Labute approximate surface area is 99.5 Å². The van der Waals surface area contributed by atoms with Crippen LogP contribution in [0.5, 0.6) is 0 Å². The maximum absolute atomic E-state index is 3.73. The molecule has 1 aromatic rings. The van der Waals surface area contributed by atoms with Crippen molar-refractivity contribution in [2.75, 3.05) is 0 Å². The summed E-state index contributed by atoms with van der Waals surface area (Å²) < 4.78 is 1.31. The molecule has 2 aliphatic rings. The first-order valence-corrected chi connectivity index (χ1v) is 6.57. The fraction of sp³-hybridized carbons (Fsp3) is 0.429. The fourth-order valence-corrected chi connectivity index (χ4v) is 3.79. The van der Waals surface area contributed by atoms with Crippen molar-refractivity contribution in [1.29, 1.82) is 0 Å². The molecule has 0 fully saturated rings. The van der Waals surface area contributed by atoms with Gasteiger partial charge in [0.1, 0.15) is 0 Å². The molecule has 15 heavy (non-hydrogen) atoms. The number of rotatable bonds is 0. The van der Waals surface area contributed by atoms with Gasteiger partial charge in [-0.15, -0.1) is 0 Å². The third kappa shape index (κ3) is 1.40. The van der Waals surface area contributed by atoms with Crippen LogP contribution >= 0.6 is 15.9 Å². The standard InChI is InChI=1S/C14H15Br/c1-9-6-7-12-11-5-3-2-4-10(11)8-13(15)14(9)12/h6,8H,2-5,7H2,1H3. The Hall–Kier alpha value is -0.560. The van der Waals surface area contributed by atoms with E-state index in [2.05, 4.69) is 35.0 Å². The largest absolute Gasteiger partial charge is 0.0765 e. The lowest BCUT2D eigenvalue weighted by Crippen LogP contribution is -2.07. The van der Waals surface area contributed by atoms with Gasteiger partial charge < -0.3 is 0 Å². The van der Waals surface area contributed by atoms with Gasteiger partial charge in [-0.05, 0) is 72.9 Å². The zero-order chi connectivity index (χ0) is 10.4. The average Bonchev–Trinajstić information content (AvgIpc) is 2.62. The Kier molecular flexibility index (Phi) is 2.24. The summed E-state index contributed by atoms with van der Waals surface area (Å²) in [4.78, 5) is 0. The van der Waals surface area contributed by atoms with Crippen molar-refractivity contribution in [1.82, 2.24) is 0 Å². The topological polar surface area (TPSA) is 0 Å². The van der Waals surface area contributed by atoms with Crippen LogP contribution < -0.4 is 0 Å². The van der Waals surface area contributed by atoms with Crippen molar-refractivity contribution >= 4 is 21.5 Å². The van der Waals surface area contributed by atoms with Crippen LogP contribution in [0.1, 0.15) is 42.0 Å². The van der Waals surface area contributed by atoms with E-state index in [1.165, 1.54) is 41.3 Å². The van der Waals surface area contributed by atoms with Gasteiger partial charge in [0.25, 0.3) is 0 Å².